The van der Waals surface area contributed by atoms with Crippen molar-refractivity contribution >= 4 is 10.0 Å². The Bertz CT molecular complexity index is 262. The van der Waals surface area contributed by atoms with Crippen molar-refractivity contribution in [2.24, 2.45) is 5.92 Å². The summed E-state index contributed by atoms with van der Waals surface area (Å²) in [6, 6.07) is 0.0219. The van der Waals surface area contributed by atoms with Gasteiger partial charge in [0, 0.05) is 19.7 Å². The molecule has 0 spiro atoms. The van der Waals surface area contributed by atoms with Gasteiger partial charge in [-0.25, -0.2) is 12.7 Å². The van der Waals surface area contributed by atoms with E-state index in [1.807, 2.05) is 6.92 Å². The van der Waals surface area contributed by atoms with Crippen molar-refractivity contribution < 1.29 is 13.5 Å². The fourth-order valence-electron chi connectivity index (χ4n) is 1.50. The van der Waals surface area contributed by atoms with Crippen molar-refractivity contribution in [2.75, 3.05) is 19.4 Å². The highest BCUT2D eigenvalue weighted by atomic mass is 32.2. The smallest absolute Gasteiger partial charge is 0.214 e. The van der Waals surface area contributed by atoms with Crippen molar-refractivity contribution in [2.45, 2.75) is 39.7 Å². The number of aliphatic hydroxyl groups is 1. The van der Waals surface area contributed by atoms with Gasteiger partial charge in [0.15, 0.2) is 0 Å². The van der Waals surface area contributed by atoms with E-state index in [9.17, 15) is 8.42 Å². The zero-order valence-electron chi connectivity index (χ0n) is 10.1. The molecule has 0 bridgehead atoms. The molecule has 0 fully saturated rings. The Kier molecular flexibility index (Phi) is 6.40. The van der Waals surface area contributed by atoms with Crippen LogP contribution in [0.5, 0.6) is 0 Å². The number of nitrogens with zero attached hydrogens (tertiary/aromatic N) is 1. The van der Waals surface area contributed by atoms with Gasteiger partial charge in [-0.05, 0) is 25.7 Å². The van der Waals surface area contributed by atoms with E-state index in [4.69, 9.17) is 5.11 Å². The van der Waals surface area contributed by atoms with Gasteiger partial charge in [0.2, 0.25) is 10.0 Å². The molecule has 5 heteroatoms. The molecule has 0 aliphatic carbocycles. The van der Waals surface area contributed by atoms with Gasteiger partial charge in [-0.1, -0.05) is 13.8 Å². The topological polar surface area (TPSA) is 57.6 Å². The van der Waals surface area contributed by atoms with Gasteiger partial charge in [0.1, 0.15) is 0 Å². The molecule has 0 aromatic heterocycles. The maximum atomic E-state index is 11.7. The highest BCUT2D eigenvalue weighted by Crippen LogP contribution is 2.13. The molecule has 0 aliphatic rings. The molecule has 0 amide bonds. The van der Waals surface area contributed by atoms with Crippen LogP contribution >= 0.6 is 0 Å². The molecule has 1 unspecified atom stereocenters. The molecule has 92 valence electrons. The molecule has 0 saturated heterocycles. The van der Waals surface area contributed by atoms with Crippen LogP contribution in [0, 0.1) is 5.92 Å². The van der Waals surface area contributed by atoms with Crippen molar-refractivity contribution in [3.8, 4) is 0 Å². The van der Waals surface area contributed by atoms with Crippen LogP contribution < -0.4 is 0 Å². The summed E-state index contributed by atoms with van der Waals surface area (Å²) in [6.07, 6.45) is 1.16. The van der Waals surface area contributed by atoms with Crippen LogP contribution in [-0.4, -0.2) is 43.3 Å². The Hall–Kier alpha value is -0.130. The van der Waals surface area contributed by atoms with Gasteiger partial charge in [0.05, 0.1) is 5.75 Å². The van der Waals surface area contributed by atoms with E-state index in [1.165, 1.54) is 4.31 Å². The lowest BCUT2D eigenvalue weighted by molar-refractivity contribution is 0.292. The first-order valence-corrected chi connectivity index (χ1v) is 6.98. The Balaban J connectivity index is 4.34. The third kappa shape index (κ3) is 5.49. The van der Waals surface area contributed by atoms with Crippen LogP contribution in [0.15, 0.2) is 0 Å². The lowest BCUT2D eigenvalue weighted by atomic mass is 10.1. The summed E-state index contributed by atoms with van der Waals surface area (Å²) < 4.78 is 24.9. The fraction of sp³-hybridized carbons (Fsp3) is 1.00. The molecule has 0 aliphatic heterocycles. The Morgan fingerprint density at radius 2 is 1.80 bits per heavy atom. The molecule has 0 saturated carbocycles. The number of hydrogen-bond acceptors (Lipinski definition) is 3. The Morgan fingerprint density at radius 1 is 1.27 bits per heavy atom. The molecular weight excluding hydrogens is 214 g/mol. The minimum absolute atomic E-state index is 0.0219. The van der Waals surface area contributed by atoms with Gasteiger partial charge in [0.25, 0.3) is 0 Å². The largest absolute Gasteiger partial charge is 0.396 e. The third-order valence-electron chi connectivity index (χ3n) is 2.43. The lowest BCUT2D eigenvalue weighted by Crippen LogP contribution is -2.37. The molecule has 1 N–H and O–H groups in total. The second kappa shape index (κ2) is 6.45. The molecule has 0 rings (SSSR count). The average Bonchev–Trinajstić information content (AvgIpc) is 2.12. The van der Waals surface area contributed by atoms with Crippen molar-refractivity contribution in [3.63, 3.8) is 0 Å². The maximum absolute atomic E-state index is 11.7. The minimum atomic E-state index is -3.19. The predicted molar refractivity (Wildman–Crippen MR) is 62.2 cm³/mol. The van der Waals surface area contributed by atoms with Crippen molar-refractivity contribution in [1.29, 1.82) is 0 Å². The molecule has 0 aromatic carbocycles. The second-order valence-electron chi connectivity index (χ2n) is 4.39. The zero-order chi connectivity index (χ0) is 12.1. The molecular formula is C10H23NO3S. The Morgan fingerprint density at radius 3 is 2.20 bits per heavy atom. The highest BCUT2D eigenvalue weighted by Gasteiger charge is 2.22. The summed E-state index contributed by atoms with van der Waals surface area (Å²) in [4.78, 5) is 0. The van der Waals surface area contributed by atoms with E-state index in [2.05, 4.69) is 13.8 Å². The normalized spacial score (nSPS) is 14.9. The lowest BCUT2D eigenvalue weighted by Gasteiger charge is -2.25. The number of hydrogen-bond donors (Lipinski definition) is 1. The highest BCUT2D eigenvalue weighted by molar-refractivity contribution is 7.89. The molecule has 0 aromatic rings. The van der Waals surface area contributed by atoms with Crippen LogP contribution in [0.1, 0.15) is 33.6 Å². The van der Waals surface area contributed by atoms with E-state index in [-0.39, 0.29) is 18.4 Å². The standard InChI is InChI=1S/C10H23NO3S/c1-9(2)8-10(3)11(4)15(13,14)7-5-6-12/h9-10,12H,5-8H2,1-4H3. The predicted octanol–water partition coefficient (Wildman–Crippen LogP) is 1.06. The summed E-state index contributed by atoms with van der Waals surface area (Å²) >= 11 is 0. The SMILES string of the molecule is CC(C)CC(C)N(C)S(=O)(=O)CCCO. The monoisotopic (exact) mass is 237 g/mol. The summed E-state index contributed by atoms with van der Waals surface area (Å²) in [6.45, 7) is 5.98. The first-order chi connectivity index (χ1) is 6.81. The summed E-state index contributed by atoms with van der Waals surface area (Å²) in [5.41, 5.74) is 0. The molecule has 15 heavy (non-hydrogen) atoms. The van der Waals surface area contributed by atoms with Crippen LogP contribution in [-0.2, 0) is 10.0 Å². The van der Waals surface area contributed by atoms with Gasteiger partial charge in [-0.15, -0.1) is 0 Å². The van der Waals surface area contributed by atoms with Gasteiger partial charge >= 0.3 is 0 Å². The van der Waals surface area contributed by atoms with Crippen molar-refractivity contribution in [1.82, 2.24) is 4.31 Å². The maximum Gasteiger partial charge on any atom is 0.214 e. The summed E-state index contributed by atoms with van der Waals surface area (Å²) in [7, 11) is -1.58. The average molecular weight is 237 g/mol. The van der Waals surface area contributed by atoms with Crippen LogP contribution in [0.4, 0.5) is 0 Å². The quantitative estimate of drug-likeness (QED) is 0.720. The van der Waals surface area contributed by atoms with E-state index in [1.54, 1.807) is 7.05 Å². The fourth-order valence-corrected chi connectivity index (χ4v) is 2.91. The molecule has 4 nitrogen and oxygen atoms in total. The minimum Gasteiger partial charge on any atom is -0.396 e. The van der Waals surface area contributed by atoms with Crippen molar-refractivity contribution in [3.05, 3.63) is 0 Å². The second-order valence-corrected chi connectivity index (χ2v) is 6.54. The van der Waals surface area contributed by atoms with Gasteiger partial charge in [-0.3, -0.25) is 0 Å². The first kappa shape index (κ1) is 14.9. The van der Waals surface area contributed by atoms with Gasteiger partial charge in [-0.2, -0.15) is 0 Å². The first-order valence-electron chi connectivity index (χ1n) is 5.37. The molecule has 0 heterocycles. The molecule has 0 radical (unpaired) electrons. The van der Waals surface area contributed by atoms with E-state index in [0.717, 1.165) is 6.42 Å². The molecule has 1 atom stereocenters. The zero-order valence-corrected chi connectivity index (χ0v) is 10.9. The third-order valence-corrected chi connectivity index (χ3v) is 4.47. The summed E-state index contributed by atoms with van der Waals surface area (Å²) in [5.74, 6) is 0.512. The Labute approximate surface area is 93.3 Å². The van der Waals surface area contributed by atoms with Crippen LogP contribution in [0.3, 0.4) is 0 Å². The number of rotatable bonds is 7. The summed E-state index contributed by atoms with van der Waals surface area (Å²) in [5, 5.41) is 8.61. The van der Waals surface area contributed by atoms with Crippen LogP contribution in [0.2, 0.25) is 0 Å². The number of sulfonamides is 1. The van der Waals surface area contributed by atoms with Crippen LogP contribution in [0.25, 0.3) is 0 Å². The van der Waals surface area contributed by atoms with E-state index >= 15 is 0 Å². The van der Waals surface area contributed by atoms with Gasteiger partial charge < -0.3 is 5.11 Å². The van der Waals surface area contributed by atoms with E-state index in [0.29, 0.717) is 12.3 Å². The van der Waals surface area contributed by atoms with E-state index < -0.39 is 10.0 Å². The number of aliphatic hydroxyl groups excluding tert-OH is 1.